The molecule has 0 heterocycles. The molecule has 3 N–H and O–H groups in total. The summed E-state index contributed by atoms with van der Waals surface area (Å²) in [6.07, 6.45) is 0.546. The number of carbonyl (C=O) groups excluding carboxylic acids is 1. The van der Waals surface area contributed by atoms with Crippen LogP contribution in [0, 0.1) is 0 Å². The number of anilines is 1. The highest BCUT2D eigenvalue weighted by Crippen LogP contribution is 2.12. The Balaban J connectivity index is 2.59. The van der Waals surface area contributed by atoms with Gasteiger partial charge >= 0.3 is 12.0 Å². The van der Waals surface area contributed by atoms with Crippen LogP contribution in [0.4, 0.5) is 10.5 Å². The van der Waals surface area contributed by atoms with Gasteiger partial charge in [-0.15, -0.1) is 0 Å². The number of urea groups is 1. The molecular weight excluding hydrogens is 220 g/mol. The number of aliphatic carboxylic acids is 1. The fourth-order valence-corrected chi connectivity index (χ4v) is 1.39. The topological polar surface area (TPSA) is 78.4 Å². The minimum Gasteiger partial charge on any atom is -0.481 e. The van der Waals surface area contributed by atoms with Crippen LogP contribution >= 0.6 is 0 Å². The Morgan fingerprint density at radius 3 is 2.76 bits per heavy atom. The summed E-state index contributed by atoms with van der Waals surface area (Å²) in [5.41, 5.74) is 1.56. The summed E-state index contributed by atoms with van der Waals surface area (Å²) < 4.78 is 0. The third-order valence-electron chi connectivity index (χ3n) is 2.15. The number of rotatable bonds is 5. The number of carbonyl (C=O) groups is 2. The second kappa shape index (κ2) is 6.52. The molecule has 0 fully saturated rings. The van der Waals surface area contributed by atoms with Gasteiger partial charge in [0.15, 0.2) is 0 Å². The maximum atomic E-state index is 11.3. The standard InChI is InChI=1S/C12H16N2O3/c1-2-13-12(17)14-10-5-3-4-9(8-10)6-7-11(15)16/h3-5,8H,2,6-7H2,1H3,(H,15,16)(H2,13,14,17). The molecule has 0 atom stereocenters. The van der Waals surface area contributed by atoms with Crippen molar-refractivity contribution in [2.24, 2.45) is 0 Å². The number of carboxylic acids is 1. The highest BCUT2D eigenvalue weighted by Gasteiger charge is 2.02. The maximum Gasteiger partial charge on any atom is 0.319 e. The molecule has 0 aliphatic rings. The molecule has 1 aromatic rings. The molecule has 92 valence electrons. The van der Waals surface area contributed by atoms with Gasteiger partial charge < -0.3 is 15.7 Å². The summed E-state index contributed by atoms with van der Waals surface area (Å²) in [6, 6.07) is 6.91. The molecule has 0 saturated heterocycles. The molecule has 5 heteroatoms. The monoisotopic (exact) mass is 236 g/mol. The zero-order valence-electron chi connectivity index (χ0n) is 9.69. The van der Waals surface area contributed by atoms with E-state index in [1.54, 1.807) is 18.2 Å². The van der Waals surface area contributed by atoms with Crippen LogP contribution in [0.1, 0.15) is 18.9 Å². The maximum absolute atomic E-state index is 11.3. The minimum absolute atomic E-state index is 0.0879. The number of hydrogen-bond acceptors (Lipinski definition) is 2. The van der Waals surface area contributed by atoms with E-state index in [2.05, 4.69) is 10.6 Å². The highest BCUT2D eigenvalue weighted by molar-refractivity contribution is 5.89. The first-order valence-electron chi connectivity index (χ1n) is 5.47. The van der Waals surface area contributed by atoms with Crippen molar-refractivity contribution < 1.29 is 14.7 Å². The van der Waals surface area contributed by atoms with Crippen LogP contribution in [0.5, 0.6) is 0 Å². The summed E-state index contributed by atoms with van der Waals surface area (Å²) in [5, 5.41) is 13.9. The van der Waals surface area contributed by atoms with Gasteiger partial charge in [-0.2, -0.15) is 0 Å². The first-order chi connectivity index (χ1) is 8.11. The van der Waals surface area contributed by atoms with Crippen molar-refractivity contribution >= 4 is 17.7 Å². The van der Waals surface area contributed by atoms with Gasteiger partial charge in [0.25, 0.3) is 0 Å². The van der Waals surface area contributed by atoms with E-state index in [4.69, 9.17) is 5.11 Å². The largest absolute Gasteiger partial charge is 0.481 e. The quantitative estimate of drug-likeness (QED) is 0.730. The van der Waals surface area contributed by atoms with Crippen molar-refractivity contribution in [2.45, 2.75) is 19.8 Å². The Hall–Kier alpha value is -2.04. The molecule has 0 aromatic heterocycles. The van der Waals surface area contributed by atoms with Gasteiger partial charge in [0.2, 0.25) is 0 Å². The van der Waals surface area contributed by atoms with Crippen LogP contribution in [0.2, 0.25) is 0 Å². The van der Waals surface area contributed by atoms with Crippen molar-refractivity contribution in [2.75, 3.05) is 11.9 Å². The average Bonchev–Trinajstić information content (AvgIpc) is 2.27. The van der Waals surface area contributed by atoms with Crippen LogP contribution < -0.4 is 10.6 Å². The summed E-state index contributed by atoms with van der Waals surface area (Å²) >= 11 is 0. The van der Waals surface area contributed by atoms with E-state index in [0.29, 0.717) is 18.7 Å². The molecule has 0 radical (unpaired) electrons. The van der Waals surface area contributed by atoms with Gasteiger partial charge in [-0.1, -0.05) is 12.1 Å². The lowest BCUT2D eigenvalue weighted by molar-refractivity contribution is -0.136. The Morgan fingerprint density at radius 2 is 2.12 bits per heavy atom. The molecule has 5 nitrogen and oxygen atoms in total. The fourth-order valence-electron chi connectivity index (χ4n) is 1.39. The summed E-state index contributed by atoms with van der Waals surface area (Å²) in [4.78, 5) is 21.7. The summed E-state index contributed by atoms with van der Waals surface area (Å²) in [6.45, 7) is 2.40. The van der Waals surface area contributed by atoms with E-state index in [1.807, 2.05) is 13.0 Å². The predicted octanol–water partition coefficient (Wildman–Crippen LogP) is 1.85. The lowest BCUT2D eigenvalue weighted by Gasteiger charge is -2.07. The molecule has 2 amide bonds. The van der Waals surface area contributed by atoms with E-state index in [9.17, 15) is 9.59 Å². The van der Waals surface area contributed by atoms with Crippen LogP contribution in [0.25, 0.3) is 0 Å². The molecule has 0 aliphatic heterocycles. The van der Waals surface area contributed by atoms with Crippen molar-refractivity contribution in [3.8, 4) is 0 Å². The molecule has 1 rings (SSSR count). The summed E-state index contributed by atoms with van der Waals surface area (Å²) in [7, 11) is 0. The highest BCUT2D eigenvalue weighted by atomic mass is 16.4. The molecule has 0 bridgehead atoms. The van der Waals surface area contributed by atoms with E-state index >= 15 is 0 Å². The van der Waals surface area contributed by atoms with Crippen molar-refractivity contribution in [3.05, 3.63) is 29.8 Å². The normalized spacial score (nSPS) is 9.71. The zero-order valence-corrected chi connectivity index (χ0v) is 9.69. The molecule has 1 aromatic carbocycles. The third kappa shape index (κ3) is 5.01. The lowest BCUT2D eigenvalue weighted by atomic mass is 10.1. The fraction of sp³-hybridized carbons (Fsp3) is 0.333. The molecule has 0 aliphatic carbocycles. The van der Waals surface area contributed by atoms with Gasteiger partial charge in [0, 0.05) is 18.7 Å². The van der Waals surface area contributed by atoms with Gasteiger partial charge in [0.05, 0.1) is 0 Å². The van der Waals surface area contributed by atoms with Gasteiger partial charge in [0.1, 0.15) is 0 Å². The second-order valence-electron chi connectivity index (χ2n) is 3.58. The van der Waals surface area contributed by atoms with Crippen molar-refractivity contribution in [1.29, 1.82) is 0 Å². The zero-order chi connectivity index (χ0) is 12.7. The van der Waals surface area contributed by atoms with Gasteiger partial charge in [-0.25, -0.2) is 4.79 Å². The molecule has 17 heavy (non-hydrogen) atoms. The average molecular weight is 236 g/mol. The molecule has 0 spiro atoms. The smallest absolute Gasteiger partial charge is 0.319 e. The molecule has 0 unspecified atom stereocenters. The Bertz CT molecular complexity index is 404. The predicted molar refractivity (Wildman–Crippen MR) is 65.1 cm³/mol. The number of hydrogen-bond donors (Lipinski definition) is 3. The lowest BCUT2D eigenvalue weighted by Crippen LogP contribution is -2.28. The van der Waals surface area contributed by atoms with Crippen LogP contribution in [-0.2, 0) is 11.2 Å². The van der Waals surface area contributed by atoms with Gasteiger partial charge in [-0.05, 0) is 31.0 Å². The number of nitrogens with one attached hydrogen (secondary N) is 2. The number of carboxylic acid groups (broad SMARTS) is 1. The van der Waals surface area contributed by atoms with Gasteiger partial charge in [-0.3, -0.25) is 4.79 Å². The second-order valence-corrected chi connectivity index (χ2v) is 3.58. The third-order valence-corrected chi connectivity index (χ3v) is 2.15. The summed E-state index contributed by atoms with van der Waals surface area (Å²) in [5.74, 6) is -0.827. The minimum atomic E-state index is -0.827. The van der Waals surface area contributed by atoms with Crippen molar-refractivity contribution in [1.82, 2.24) is 5.32 Å². The SMILES string of the molecule is CCNC(=O)Nc1cccc(CCC(=O)O)c1. The molecular formula is C12H16N2O3. The first kappa shape index (κ1) is 13.0. The van der Waals surface area contributed by atoms with E-state index < -0.39 is 5.97 Å². The van der Waals surface area contributed by atoms with Crippen LogP contribution in [0.15, 0.2) is 24.3 Å². The van der Waals surface area contributed by atoms with E-state index in [1.165, 1.54) is 0 Å². The molecule has 0 saturated carbocycles. The van der Waals surface area contributed by atoms with Crippen molar-refractivity contribution in [3.63, 3.8) is 0 Å². The Labute approximate surface area is 99.8 Å². The number of aryl methyl sites for hydroxylation is 1. The first-order valence-corrected chi connectivity index (χ1v) is 5.47. The number of benzene rings is 1. The Morgan fingerprint density at radius 1 is 1.35 bits per heavy atom. The van der Waals surface area contributed by atoms with E-state index in [-0.39, 0.29) is 12.5 Å². The Kier molecular flexibility index (Phi) is 5.00. The number of amides is 2. The van der Waals surface area contributed by atoms with Crippen LogP contribution in [0.3, 0.4) is 0 Å². The van der Waals surface area contributed by atoms with E-state index in [0.717, 1.165) is 5.56 Å². The van der Waals surface area contributed by atoms with Crippen LogP contribution in [-0.4, -0.2) is 23.7 Å².